The van der Waals surface area contributed by atoms with Crippen LogP contribution in [0.3, 0.4) is 0 Å². The fraction of sp³-hybridized carbons (Fsp3) is 0.600. The van der Waals surface area contributed by atoms with Crippen molar-refractivity contribution < 1.29 is 155 Å². The van der Waals surface area contributed by atoms with Gasteiger partial charge >= 0.3 is 67.3 Å². The first-order valence-electron chi connectivity index (χ1n) is 10.6. The third kappa shape index (κ3) is 36.5. The second-order valence-corrected chi connectivity index (χ2v) is 14.7. The van der Waals surface area contributed by atoms with E-state index in [0.717, 1.165) is 23.7 Å². The molecule has 39 heteroatoms. The van der Waals surface area contributed by atoms with Gasteiger partial charge in [-0.1, -0.05) is 13.3 Å². The zero-order valence-corrected chi connectivity index (χ0v) is 32.3. The molecule has 0 aliphatic carbocycles. The maximum absolute atomic E-state index is 10.7. The number of unbranched alkanes of at least 4 members (excludes halogenated alkanes) is 1. The number of benzene rings is 1. The number of thiol groups is 1. The molecule has 0 aliphatic heterocycles. The van der Waals surface area contributed by atoms with Gasteiger partial charge in [0.25, 0.3) is 0 Å². The van der Waals surface area contributed by atoms with Crippen LogP contribution < -0.4 is 4.74 Å². The summed E-state index contributed by atoms with van der Waals surface area (Å²) in [5.74, 6) is 0.932. The summed E-state index contributed by atoms with van der Waals surface area (Å²) in [5, 5.41) is 0. The summed E-state index contributed by atoms with van der Waals surface area (Å²) >= 11 is 4.19. The van der Waals surface area contributed by atoms with E-state index in [-0.39, 0.29) is 33.0 Å². The maximum atomic E-state index is 10.7. The van der Waals surface area contributed by atoms with Crippen LogP contribution in [-0.4, -0.2) is 99.0 Å². The molecule has 0 unspecified atom stereocenters. The van der Waals surface area contributed by atoms with Crippen molar-refractivity contribution in [2.75, 3.05) is 6.61 Å². The SMILES string of the molecule is CCCCOc1ccc(S)cc1.O=S(=O)(O)C(F)(F)F.O=S(=O)(O)C(F)(F)F.O=S(=O)([O-])C(F)(F)F.O=S(=O)([O-])C(F)(F)F.O=S(=O)([O-])C(F)(F)F.S.[Ru+3]. The van der Waals surface area contributed by atoms with Crippen LogP contribution in [0.2, 0.25) is 0 Å². The summed E-state index contributed by atoms with van der Waals surface area (Å²) in [6.45, 7) is 2.96. The summed E-state index contributed by atoms with van der Waals surface area (Å²) in [6.07, 6.45) is 2.28. The third-order valence-electron chi connectivity index (χ3n) is 3.04. The predicted octanol–water partition coefficient (Wildman–Crippen LogP) is 4.21. The molecule has 1 aromatic rings. The Labute approximate surface area is 319 Å². The zero-order chi connectivity index (χ0) is 43.8. The minimum absolute atomic E-state index is 0. The minimum Gasteiger partial charge on any atom is -0.741 e. The van der Waals surface area contributed by atoms with Crippen LogP contribution in [0, 0.1) is 0 Å². The third-order valence-corrected chi connectivity index (χ3v) is 6.21. The molecule has 0 amide bonds. The van der Waals surface area contributed by atoms with Crippen molar-refractivity contribution in [2.24, 2.45) is 0 Å². The van der Waals surface area contributed by atoms with Crippen molar-refractivity contribution in [3.63, 3.8) is 0 Å². The largest absolute Gasteiger partial charge is 3.00 e. The number of rotatable bonds is 4. The first-order valence-corrected chi connectivity index (χ1v) is 18.2. The molecule has 329 valence electrons. The molecule has 16 nitrogen and oxygen atoms in total. The number of hydrogen-bond donors (Lipinski definition) is 3. The molecular formula is C15H18F15O16RuS7. The number of ether oxygens (including phenoxy) is 1. The van der Waals surface area contributed by atoms with Crippen molar-refractivity contribution in [1.29, 1.82) is 0 Å². The molecule has 0 aliphatic rings. The van der Waals surface area contributed by atoms with E-state index in [4.69, 9.17) is 69.6 Å². The van der Waals surface area contributed by atoms with Gasteiger partial charge in [0.05, 0.1) is 6.61 Å². The summed E-state index contributed by atoms with van der Waals surface area (Å²) in [7, 11) is -30.0. The molecule has 1 rings (SSSR count). The van der Waals surface area contributed by atoms with Gasteiger partial charge in [-0.25, -0.2) is 25.3 Å². The Morgan fingerprint density at radius 2 is 0.741 bits per heavy atom. The molecule has 0 aromatic heterocycles. The fourth-order valence-corrected chi connectivity index (χ4v) is 1.03. The smallest absolute Gasteiger partial charge is 0.741 e. The van der Waals surface area contributed by atoms with Crippen LogP contribution in [0.15, 0.2) is 29.2 Å². The number of hydrogen-bond acceptors (Lipinski definition) is 15. The maximum Gasteiger partial charge on any atom is 3.00 e. The molecule has 0 saturated heterocycles. The monoisotopic (exact) mass is 1060 g/mol. The minimum atomic E-state index is -6.09. The van der Waals surface area contributed by atoms with Gasteiger partial charge in [0.1, 0.15) is 5.75 Å². The topological polar surface area (TPSA) is 290 Å². The van der Waals surface area contributed by atoms with Crippen molar-refractivity contribution in [3.05, 3.63) is 24.3 Å². The average molecular weight is 1060 g/mol. The van der Waals surface area contributed by atoms with Crippen molar-refractivity contribution >= 4 is 76.7 Å². The molecule has 2 N–H and O–H groups in total. The van der Waals surface area contributed by atoms with E-state index >= 15 is 0 Å². The van der Waals surface area contributed by atoms with Gasteiger partial charge in [-0.2, -0.15) is 96.2 Å². The van der Waals surface area contributed by atoms with E-state index in [2.05, 4.69) is 19.6 Å². The Morgan fingerprint density at radius 3 is 0.870 bits per heavy atom. The standard InChI is InChI=1S/C10H14OS.5CHF3O3S.Ru.H2S/c1-2-3-8-11-9-4-6-10(12)7-5-9;5*2-1(3,4)8(5,6)7;;/h4-7,12H,2-3,8H2,1H3;5*(H,5,6,7);;1H2/q;;;;;;+3;/p-3. The molecular weight excluding hydrogens is 1050 g/mol. The van der Waals surface area contributed by atoms with Gasteiger partial charge < -0.3 is 18.4 Å². The molecule has 0 heterocycles. The van der Waals surface area contributed by atoms with E-state index in [0.29, 0.717) is 0 Å². The Hall–Kier alpha value is -1.16. The van der Waals surface area contributed by atoms with Crippen molar-refractivity contribution in [3.8, 4) is 5.75 Å². The Balaban J connectivity index is -0.0000000984. The first-order chi connectivity index (χ1) is 22.1. The van der Waals surface area contributed by atoms with Crippen LogP contribution in [-0.2, 0) is 70.1 Å². The number of alkyl halides is 15. The fourth-order valence-electron chi connectivity index (χ4n) is 0.877. The van der Waals surface area contributed by atoms with Crippen LogP contribution in [0.25, 0.3) is 0 Å². The van der Waals surface area contributed by atoms with Crippen LogP contribution >= 0.6 is 26.1 Å². The van der Waals surface area contributed by atoms with Gasteiger partial charge in [-0.3, -0.25) is 9.11 Å². The molecule has 1 aromatic carbocycles. The van der Waals surface area contributed by atoms with E-state index in [9.17, 15) is 65.9 Å². The van der Waals surface area contributed by atoms with Gasteiger partial charge in [-0.05, 0) is 30.7 Å². The molecule has 54 heavy (non-hydrogen) atoms. The summed E-state index contributed by atoms with van der Waals surface area (Å²) < 4.78 is 297. The summed E-state index contributed by atoms with van der Waals surface area (Å²) in [5.41, 5.74) is -28.0. The number of halogens is 15. The molecule has 1 radical (unpaired) electrons. The predicted molar refractivity (Wildman–Crippen MR) is 147 cm³/mol. The molecule has 0 bridgehead atoms. The van der Waals surface area contributed by atoms with Gasteiger partial charge in [0.2, 0.25) is 0 Å². The second kappa shape index (κ2) is 25.3. The quantitative estimate of drug-likeness (QED) is 0.0951. The Bertz CT molecular complexity index is 1490. The first kappa shape index (κ1) is 67.6. The molecule has 0 fully saturated rings. The molecule has 0 atom stereocenters. The second-order valence-electron chi connectivity index (χ2n) is 7.24. The van der Waals surface area contributed by atoms with Gasteiger partial charge in [0, 0.05) is 4.90 Å². The summed E-state index contributed by atoms with van der Waals surface area (Å²) in [4.78, 5) is 0.970. The molecule has 0 spiro atoms. The van der Waals surface area contributed by atoms with Crippen LogP contribution in [0.4, 0.5) is 65.9 Å². The molecule has 0 saturated carbocycles. The van der Waals surface area contributed by atoms with Crippen LogP contribution in [0.5, 0.6) is 5.75 Å². The van der Waals surface area contributed by atoms with Gasteiger partial charge in [0.15, 0.2) is 30.4 Å². The van der Waals surface area contributed by atoms with Crippen LogP contribution in [0.1, 0.15) is 19.8 Å². The van der Waals surface area contributed by atoms with Gasteiger partial charge in [-0.15, -0.1) is 12.6 Å². The van der Waals surface area contributed by atoms with E-state index < -0.39 is 78.1 Å². The summed E-state index contributed by atoms with van der Waals surface area (Å²) in [6, 6.07) is 7.75. The van der Waals surface area contributed by atoms with Crippen molar-refractivity contribution in [1.82, 2.24) is 0 Å². The van der Waals surface area contributed by atoms with E-state index in [1.807, 2.05) is 24.3 Å². The zero-order valence-electron chi connectivity index (χ0n) is 24.6. The van der Waals surface area contributed by atoms with E-state index in [1.54, 1.807) is 0 Å². The normalized spacial score (nSPS) is 12.6. The Morgan fingerprint density at radius 1 is 0.556 bits per heavy atom. The van der Waals surface area contributed by atoms with E-state index in [1.165, 1.54) is 6.42 Å². The average Bonchev–Trinajstić information content (AvgIpc) is 2.81. The van der Waals surface area contributed by atoms with Crippen molar-refractivity contribution in [2.45, 2.75) is 52.2 Å². The Kier molecular flexibility index (Phi) is 31.6.